The van der Waals surface area contributed by atoms with Crippen LogP contribution in [0.5, 0.6) is 0 Å². The van der Waals surface area contributed by atoms with Gasteiger partial charge in [0.2, 0.25) is 0 Å². The van der Waals surface area contributed by atoms with Crippen LogP contribution in [-0.4, -0.2) is 48.4 Å². The minimum Gasteiger partial charge on any atom is -0.399 e. The molecule has 1 aliphatic heterocycles. The molecule has 4 nitrogen and oxygen atoms in total. The molecule has 0 bridgehead atoms. The van der Waals surface area contributed by atoms with E-state index in [9.17, 15) is 4.79 Å². The van der Waals surface area contributed by atoms with Gasteiger partial charge in [-0.15, -0.1) is 0 Å². The molecule has 1 aliphatic carbocycles. The number of rotatable bonds is 3. The van der Waals surface area contributed by atoms with E-state index in [1.165, 1.54) is 32.2 Å². The number of amides is 1. The molecule has 3 rings (SSSR count). The van der Waals surface area contributed by atoms with Crippen molar-refractivity contribution in [3.05, 3.63) is 28.8 Å². The Kier molecular flexibility index (Phi) is 4.89. The van der Waals surface area contributed by atoms with Crippen molar-refractivity contribution in [1.82, 2.24) is 9.80 Å². The van der Waals surface area contributed by atoms with Crippen molar-refractivity contribution in [2.45, 2.75) is 25.7 Å². The summed E-state index contributed by atoms with van der Waals surface area (Å²) in [6.07, 6.45) is 5.53. The van der Waals surface area contributed by atoms with Gasteiger partial charge in [0.05, 0.1) is 10.6 Å². The fourth-order valence-electron chi connectivity index (χ4n) is 3.57. The van der Waals surface area contributed by atoms with Crippen molar-refractivity contribution in [1.29, 1.82) is 0 Å². The van der Waals surface area contributed by atoms with Gasteiger partial charge in [0.15, 0.2) is 0 Å². The van der Waals surface area contributed by atoms with E-state index in [0.29, 0.717) is 16.3 Å². The first-order valence-corrected chi connectivity index (χ1v) is 8.58. The van der Waals surface area contributed by atoms with Gasteiger partial charge in [-0.05, 0) is 37.0 Å². The zero-order valence-electron chi connectivity index (χ0n) is 12.9. The molecule has 0 atom stereocenters. The summed E-state index contributed by atoms with van der Waals surface area (Å²) in [5.41, 5.74) is 6.83. The number of carbonyl (C=O) groups is 1. The number of anilines is 1. The van der Waals surface area contributed by atoms with Crippen LogP contribution in [0.2, 0.25) is 5.02 Å². The molecule has 0 radical (unpaired) electrons. The first-order valence-electron chi connectivity index (χ1n) is 8.20. The summed E-state index contributed by atoms with van der Waals surface area (Å²) in [5.74, 6) is 0.888. The highest BCUT2D eigenvalue weighted by molar-refractivity contribution is 6.34. The van der Waals surface area contributed by atoms with Crippen LogP contribution in [-0.2, 0) is 0 Å². The Morgan fingerprint density at radius 3 is 2.50 bits per heavy atom. The summed E-state index contributed by atoms with van der Waals surface area (Å²) in [4.78, 5) is 17.0. The van der Waals surface area contributed by atoms with Crippen LogP contribution in [0, 0.1) is 5.92 Å². The van der Waals surface area contributed by atoms with Gasteiger partial charge in [0.1, 0.15) is 0 Å². The number of halogens is 1. The van der Waals surface area contributed by atoms with Gasteiger partial charge in [0, 0.05) is 38.4 Å². The molecule has 0 unspecified atom stereocenters. The van der Waals surface area contributed by atoms with Crippen LogP contribution in [0.15, 0.2) is 18.2 Å². The van der Waals surface area contributed by atoms with E-state index >= 15 is 0 Å². The third-order valence-electron chi connectivity index (χ3n) is 4.87. The van der Waals surface area contributed by atoms with E-state index in [2.05, 4.69) is 4.90 Å². The first kappa shape index (κ1) is 15.6. The minimum absolute atomic E-state index is 0.0190. The number of hydrogen-bond donors (Lipinski definition) is 1. The summed E-state index contributed by atoms with van der Waals surface area (Å²) in [6.45, 7) is 4.70. The smallest absolute Gasteiger partial charge is 0.255 e. The predicted octanol–water partition coefficient (Wildman–Crippen LogP) is 2.87. The van der Waals surface area contributed by atoms with Gasteiger partial charge in [-0.2, -0.15) is 0 Å². The summed E-state index contributed by atoms with van der Waals surface area (Å²) in [7, 11) is 0. The van der Waals surface area contributed by atoms with Crippen LogP contribution in [0.1, 0.15) is 36.0 Å². The fourth-order valence-corrected chi connectivity index (χ4v) is 3.84. The first-order chi connectivity index (χ1) is 10.6. The highest BCUT2D eigenvalue weighted by atomic mass is 35.5. The SMILES string of the molecule is Nc1ccc(C(=O)N2CCN(CC3CCCC3)CC2)c(Cl)c1. The molecular formula is C17H24ClN3O. The highest BCUT2D eigenvalue weighted by Gasteiger charge is 2.25. The number of nitrogens with two attached hydrogens (primary N) is 1. The maximum Gasteiger partial charge on any atom is 0.255 e. The van der Waals surface area contributed by atoms with Crippen molar-refractivity contribution in [2.75, 3.05) is 38.5 Å². The molecule has 1 saturated heterocycles. The van der Waals surface area contributed by atoms with Gasteiger partial charge in [-0.25, -0.2) is 0 Å². The molecule has 1 heterocycles. The molecule has 22 heavy (non-hydrogen) atoms. The molecule has 1 aromatic carbocycles. The second kappa shape index (κ2) is 6.88. The van der Waals surface area contributed by atoms with Crippen molar-refractivity contribution in [3.8, 4) is 0 Å². The largest absolute Gasteiger partial charge is 0.399 e. The van der Waals surface area contributed by atoms with Crippen molar-refractivity contribution < 1.29 is 4.79 Å². The summed E-state index contributed by atoms with van der Waals surface area (Å²) in [6, 6.07) is 5.10. The Morgan fingerprint density at radius 1 is 1.18 bits per heavy atom. The van der Waals surface area contributed by atoms with Crippen LogP contribution < -0.4 is 5.73 Å². The Morgan fingerprint density at radius 2 is 1.86 bits per heavy atom. The summed E-state index contributed by atoms with van der Waals surface area (Å²) < 4.78 is 0. The van der Waals surface area contributed by atoms with E-state index in [0.717, 1.165) is 32.1 Å². The van der Waals surface area contributed by atoms with Crippen LogP contribution in [0.25, 0.3) is 0 Å². The van der Waals surface area contributed by atoms with E-state index in [1.807, 2.05) is 4.90 Å². The Balaban J connectivity index is 1.55. The quantitative estimate of drug-likeness (QED) is 0.871. The molecule has 1 saturated carbocycles. The molecule has 2 aliphatic rings. The number of nitrogens with zero attached hydrogens (tertiary/aromatic N) is 2. The Hall–Kier alpha value is -1.26. The van der Waals surface area contributed by atoms with Crippen LogP contribution in [0.3, 0.4) is 0 Å². The second-order valence-electron chi connectivity index (χ2n) is 6.48. The maximum absolute atomic E-state index is 12.6. The molecule has 120 valence electrons. The third-order valence-corrected chi connectivity index (χ3v) is 5.19. The lowest BCUT2D eigenvalue weighted by Crippen LogP contribution is -2.49. The van der Waals surface area contributed by atoms with E-state index in [4.69, 9.17) is 17.3 Å². The van der Waals surface area contributed by atoms with E-state index in [1.54, 1.807) is 18.2 Å². The van der Waals surface area contributed by atoms with Crippen LogP contribution >= 0.6 is 11.6 Å². The summed E-state index contributed by atoms with van der Waals surface area (Å²) in [5, 5.41) is 0.443. The lowest BCUT2D eigenvalue weighted by molar-refractivity contribution is 0.0618. The maximum atomic E-state index is 12.6. The molecule has 5 heteroatoms. The molecule has 0 aromatic heterocycles. The average molecular weight is 322 g/mol. The monoisotopic (exact) mass is 321 g/mol. The van der Waals surface area contributed by atoms with Crippen molar-refractivity contribution in [3.63, 3.8) is 0 Å². The zero-order valence-corrected chi connectivity index (χ0v) is 13.7. The molecule has 2 N–H and O–H groups in total. The number of carbonyl (C=O) groups excluding carboxylic acids is 1. The molecule has 1 amide bonds. The lowest BCUT2D eigenvalue weighted by Gasteiger charge is -2.36. The Bertz CT molecular complexity index is 535. The number of hydrogen-bond acceptors (Lipinski definition) is 3. The zero-order chi connectivity index (χ0) is 15.5. The molecule has 1 aromatic rings. The average Bonchev–Trinajstić information content (AvgIpc) is 3.00. The number of benzene rings is 1. The number of piperazine rings is 1. The topological polar surface area (TPSA) is 49.6 Å². The minimum atomic E-state index is 0.0190. The van der Waals surface area contributed by atoms with Gasteiger partial charge >= 0.3 is 0 Å². The van der Waals surface area contributed by atoms with Crippen molar-refractivity contribution in [2.24, 2.45) is 5.92 Å². The molecule has 0 spiro atoms. The van der Waals surface area contributed by atoms with Crippen molar-refractivity contribution >= 4 is 23.2 Å². The fraction of sp³-hybridized carbons (Fsp3) is 0.588. The Labute approximate surface area is 137 Å². The van der Waals surface area contributed by atoms with Gasteiger partial charge in [-0.1, -0.05) is 24.4 Å². The normalized spacial score (nSPS) is 20.5. The van der Waals surface area contributed by atoms with Crippen LogP contribution in [0.4, 0.5) is 5.69 Å². The van der Waals surface area contributed by atoms with E-state index < -0.39 is 0 Å². The second-order valence-corrected chi connectivity index (χ2v) is 6.89. The molecule has 2 fully saturated rings. The highest BCUT2D eigenvalue weighted by Crippen LogP contribution is 2.26. The summed E-state index contributed by atoms with van der Waals surface area (Å²) >= 11 is 6.15. The number of nitrogen functional groups attached to an aromatic ring is 1. The van der Waals surface area contributed by atoms with Gasteiger partial charge < -0.3 is 10.6 Å². The van der Waals surface area contributed by atoms with Gasteiger partial charge in [0.25, 0.3) is 5.91 Å². The lowest BCUT2D eigenvalue weighted by atomic mass is 10.1. The predicted molar refractivity (Wildman–Crippen MR) is 90.2 cm³/mol. The van der Waals surface area contributed by atoms with E-state index in [-0.39, 0.29) is 5.91 Å². The third kappa shape index (κ3) is 3.55. The standard InChI is InChI=1S/C17H24ClN3O/c18-16-11-14(19)5-6-15(16)17(22)21-9-7-20(8-10-21)12-13-3-1-2-4-13/h5-6,11,13H,1-4,7-10,12,19H2. The van der Waals surface area contributed by atoms with Gasteiger partial charge in [-0.3, -0.25) is 9.69 Å². The molecular weight excluding hydrogens is 298 g/mol.